The smallest absolute Gasteiger partial charge is 0.324 e. The van der Waals surface area contributed by atoms with Crippen molar-refractivity contribution in [2.24, 2.45) is 17.3 Å². The molecule has 4 atom stereocenters. The second-order valence-corrected chi connectivity index (χ2v) is 20.8. The molecule has 4 amide bonds. The van der Waals surface area contributed by atoms with Crippen molar-refractivity contribution in [3.05, 3.63) is 83.7 Å². The van der Waals surface area contributed by atoms with E-state index < -0.39 is 47.2 Å². The molecule has 3 fully saturated rings. The van der Waals surface area contributed by atoms with Gasteiger partial charge in [0.2, 0.25) is 17.7 Å². The van der Waals surface area contributed by atoms with E-state index in [1.54, 1.807) is 30.2 Å². The van der Waals surface area contributed by atoms with Crippen LogP contribution in [0.1, 0.15) is 77.6 Å². The Kier molecular flexibility index (Phi) is 16.0. The van der Waals surface area contributed by atoms with Crippen LogP contribution in [0.25, 0.3) is 33.3 Å². The van der Waals surface area contributed by atoms with Crippen LogP contribution in [-0.4, -0.2) is 148 Å². The molecule has 6 heterocycles. The third-order valence-electron chi connectivity index (χ3n) is 14.6. The zero-order valence-corrected chi connectivity index (χ0v) is 42.5. The highest BCUT2D eigenvalue weighted by Crippen LogP contribution is 2.41. The van der Waals surface area contributed by atoms with E-state index >= 15 is 0 Å². The van der Waals surface area contributed by atoms with E-state index in [0.29, 0.717) is 64.1 Å². The molecule has 0 unspecified atom stereocenters. The number of aromatic nitrogens is 2. The Balaban J connectivity index is 1.10. The fraction of sp³-hybridized carbons (Fsp3) is 0.527. The summed E-state index contributed by atoms with van der Waals surface area (Å²) in [5, 5.41) is 16.8. The van der Waals surface area contributed by atoms with Crippen LogP contribution in [0.3, 0.4) is 0 Å². The second kappa shape index (κ2) is 22.1. The number of likely N-dealkylation sites (tertiary alicyclic amines) is 1. The zero-order valence-electron chi connectivity index (χ0n) is 42.5. The van der Waals surface area contributed by atoms with Gasteiger partial charge in [0.25, 0.3) is 5.91 Å². The van der Waals surface area contributed by atoms with Gasteiger partial charge in [-0.05, 0) is 104 Å². The fourth-order valence-electron chi connectivity index (χ4n) is 10.9. The molecular formula is C55H72N8O8. The quantitative estimate of drug-likeness (QED) is 0.127. The predicted molar refractivity (Wildman–Crippen MR) is 272 cm³/mol. The number of benzene rings is 2. The second-order valence-electron chi connectivity index (χ2n) is 20.8. The van der Waals surface area contributed by atoms with E-state index in [0.717, 1.165) is 64.1 Å². The summed E-state index contributed by atoms with van der Waals surface area (Å²) >= 11 is 0. The number of hydrogen-bond acceptors (Lipinski definition) is 11. The van der Waals surface area contributed by atoms with Crippen molar-refractivity contribution in [1.82, 2.24) is 40.0 Å². The fourth-order valence-corrected chi connectivity index (χ4v) is 10.9. The minimum Gasteiger partial charge on any atom is -0.508 e. The Morgan fingerprint density at radius 1 is 1.01 bits per heavy atom. The van der Waals surface area contributed by atoms with Crippen LogP contribution in [-0.2, 0) is 59.3 Å². The molecule has 0 saturated carbocycles. The number of nitrogens with one attached hydrogen (secondary N) is 2. The topological polar surface area (TPSA) is 179 Å². The summed E-state index contributed by atoms with van der Waals surface area (Å²) in [5.41, 5.74) is 10.1. The standard InChI is InChI=1S/C55H72N8O8/c1-8-44-41(13-10-19-56-44)50-43-32-55(5,6)34-71-54(69)45-14-11-21-63(58-45)53(68)46(29-36-27-39(30-40(64)28-36)37-16-17-47(42(43)31-37)62(50)9-2)57-51(66)49(35(3)4)59(7)52(67)38-18-22-61(33-38)48(65)15-12-20-60-23-25-70-26-24-60/h10,12-13,15-17,19,27-28,30-31,35,38,45-46,49,58,64H,8-9,11,14,18,20-26,29,32-34H2,1-7H3,(H,57,66)/b15-12+/t38-,45-,46-,49-/m0/s1. The van der Waals surface area contributed by atoms with Crippen LogP contribution < -0.4 is 10.7 Å². The molecule has 4 aliphatic heterocycles. The molecule has 71 heavy (non-hydrogen) atoms. The number of cyclic esters (lactones) is 1. The molecule has 4 aliphatic rings. The summed E-state index contributed by atoms with van der Waals surface area (Å²) in [6, 6.07) is 12.7. The van der Waals surface area contributed by atoms with E-state index in [-0.39, 0.29) is 49.6 Å². The Hall–Kier alpha value is -6.10. The predicted octanol–water partition coefficient (Wildman–Crippen LogP) is 5.53. The lowest BCUT2D eigenvalue weighted by Gasteiger charge is -2.37. The number of hydrogen-bond donors (Lipinski definition) is 3. The van der Waals surface area contributed by atoms with Crippen molar-refractivity contribution in [2.45, 2.75) is 105 Å². The minimum absolute atomic E-state index is 0.000655. The summed E-state index contributed by atoms with van der Waals surface area (Å²) in [6.07, 6.45) is 8.02. The number of pyridine rings is 1. The lowest BCUT2D eigenvalue weighted by atomic mass is 9.84. The van der Waals surface area contributed by atoms with Crippen molar-refractivity contribution in [1.29, 1.82) is 0 Å². The molecule has 3 saturated heterocycles. The molecule has 0 spiro atoms. The van der Waals surface area contributed by atoms with Gasteiger partial charge in [0.05, 0.1) is 31.4 Å². The lowest BCUT2D eigenvalue weighted by Crippen LogP contribution is -2.62. The Morgan fingerprint density at radius 3 is 2.55 bits per heavy atom. The summed E-state index contributed by atoms with van der Waals surface area (Å²) in [6.45, 7) is 17.5. The highest BCUT2D eigenvalue weighted by molar-refractivity contribution is 5.96. The van der Waals surface area contributed by atoms with Gasteiger partial charge in [0.1, 0.15) is 23.9 Å². The van der Waals surface area contributed by atoms with Gasteiger partial charge in [-0.25, -0.2) is 5.43 Å². The lowest BCUT2D eigenvalue weighted by molar-refractivity contribution is -0.155. The third-order valence-corrected chi connectivity index (χ3v) is 14.6. The molecule has 4 aromatic rings. The van der Waals surface area contributed by atoms with Crippen molar-refractivity contribution < 1.29 is 38.6 Å². The number of likely N-dealkylation sites (N-methyl/N-ethyl adjacent to an activating group) is 1. The first kappa shape index (κ1) is 51.3. The molecule has 2 aromatic carbocycles. The monoisotopic (exact) mass is 973 g/mol. The average molecular weight is 973 g/mol. The number of aryl methyl sites for hydroxylation is 2. The highest BCUT2D eigenvalue weighted by Gasteiger charge is 2.40. The van der Waals surface area contributed by atoms with Crippen molar-refractivity contribution in [3.63, 3.8) is 0 Å². The molecule has 6 bridgehead atoms. The summed E-state index contributed by atoms with van der Waals surface area (Å²) in [5.74, 6) is -2.70. The van der Waals surface area contributed by atoms with Gasteiger partial charge in [-0.3, -0.25) is 38.9 Å². The van der Waals surface area contributed by atoms with Gasteiger partial charge < -0.3 is 34.3 Å². The normalized spacial score (nSPS) is 21.6. The van der Waals surface area contributed by atoms with Crippen LogP contribution in [0.5, 0.6) is 5.75 Å². The summed E-state index contributed by atoms with van der Waals surface area (Å²) in [4.78, 5) is 80.9. The maximum atomic E-state index is 14.8. The number of ether oxygens (including phenoxy) is 2. The molecule has 3 N–H and O–H groups in total. The highest BCUT2D eigenvalue weighted by atomic mass is 16.5. The maximum Gasteiger partial charge on any atom is 0.324 e. The van der Waals surface area contributed by atoms with Gasteiger partial charge in [0, 0.05) is 99.1 Å². The number of aromatic hydroxyl groups is 1. The van der Waals surface area contributed by atoms with Crippen LogP contribution in [0.4, 0.5) is 0 Å². The molecule has 0 aliphatic carbocycles. The van der Waals surface area contributed by atoms with Crippen molar-refractivity contribution in [3.8, 4) is 28.1 Å². The number of phenols is 1. The van der Waals surface area contributed by atoms with Crippen molar-refractivity contribution in [2.75, 3.05) is 66.1 Å². The van der Waals surface area contributed by atoms with Gasteiger partial charge in [-0.1, -0.05) is 52.8 Å². The van der Waals surface area contributed by atoms with Crippen LogP contribution in [0, 0.1) is 17.3 Å². The first-order valence-corrected chi connectivity index (χ1v) is 25.5. The summed E-state index contributed by atoms with van der Waals surface area (Å²) in [7, 11) is 1.61. The van der Waals surface area contributed by atoms with E-state index in [1.807, 2.05) is 44.3 Å². The molecule has 380 valence electrons. The number of fused-ring (bicyclic) bond motifs is 6. The van der Waals surface area contributed by atoms with Gasteiger partial charge in [0.15, 0.2) is 0 Å². The van der Waals surface area contributed by atoms with Gasteiger partial charge in [-0.15, -0.1) is 0 Å². The average Bonchev–Trinajstić information content (AvgIpc) is 3.98. The first-order valence-electron chi connectivity index (χ1n) is 25.5. The van der Waals surface area contributed by atoms with Crippen LogP contribution >= 0.6 is 0 Å². The maximum absolute atomic E-state index is 14.8. The largest absolute Gasteiger partial charge is 0.508 e. The number of morpholine rings is 1. The third kappa shape index (κ3) is 11.5. The van der Waals surface area contributed by atoms with Crippen LogP contribution in [0.15, 0.2) is 66.9 Å². The zero-order chi connectivity index (χ0) is 50.6. The number of rotatable bonds is 11. The number of amides is 4. The molecule has 16 heteroatoms. The van der Waals surface area contributed by atoms with E-state index in [2.05, 4.69) is 66.1 Å². The van der Waals surface area contributed by atoms with Gasteiger partial charge >= 0.3 is 5.97 Å². The number of nitrogens with zero attached hydrogens (tertiary/aromatic N) is 6. The Morgan fingerprint density at radius 2 is 1.80 bits per heavy atom. The SMILES string of the molecule is CCc1ncccc1-c1c2c3cc(ccc3n1CC)-c1cc(O)cc(c1)C[C@H](NC(=O)[C@H](C(C)C)N(C)C(=O)[C@H]1CCN(C(=O)/C=C/CN3CCOCC3)C1)C(=O)N1CCC[C@H](N1)C(=O)OCC(C)(C)C2. The summed E-state index contributed by atoms with van der Waals surface area (Å²) < 4.78 is 13.9. The molecular weight excluding hydrogens is 901 g/mol. The van der Waals surface area contributed by atoms with Gasteiger partial charge in [-0.2, -0.15) is 0 Å². The molecule has 8 rings (SSSR count). The van der Waals surface area contributed by atoms with E-state index in [1.165, 1.54) is 9.91 Å². The minimum atomic E-state index is -1.16. The molecule has 0 radical (unpaired) electrons. The van der Waals surface area contributed by atoms with E-state index in [4.69, 9.17) is 14.5 Å². The molecule has 2 aromatic heterocycles. The molecule has 16 nitrogen and oxygen atoms in total. The van der Waals surface area contributed by atoms with E-state index in [9.17, 15) is 29.1 Å². The number of carbonyl (C=O) groups is 5. The first-order chi connectivity index (χ1) is 34.0. The number of hydrazine groups is 1. The Bertz CT molecular complexity index is 2650. The number of esters is 1. The van der Waals surface area contributed by atoms with Crippen LogP contribution in [0.2, 0.25) is 0 Å². The Labute approximate surface area is 417 Å². The number of phenolic OH excluding ortho intramolecular Hbond substituents is 1. The van der Waals surface area contributed by atoms with Crippen molar-refractivity contribution >= 4 is 40.5 Å². The number of carbonyl (C=O) groups excluding carboxylic acids is 5.